The smallest absolute Gasteiger partial charge is 0.411 e. The van der Waals surface area contributed by atoms with Crippen molar-refractivity contribution in [1.29, 1.82) is 5.26 Å². The summed E-state index contributed by atoms with van der Waals surface area (Å²) in [5.74, 6) is 0.639. The molecule has 0 fully saturated rings. The van der Waals surface area contributed by atoms with E-state index in [4.69, 9.17) is 10.00 Å². The number of nitrogens with one attached hydrogen (secondary N) is 3. The van der Waals surface area contributed by atoms with Gasteiger partial charge in [-0.15, -0.1) is 0 Å². The van der Waals surface area contributed by atoms with Crippen LogP contribution in [0.15, 0.2) is 42.5 Å². The van der Waals surface area contributed by atoms with E-state index in [0.29, 0.717) is 29.1 Å². The Balaban J connectivity index is 1.78. The molecule has 2 aromatic carbocycles. The predicted octanol–water partition coefficient (Wildman–Crippen LogP) is 4.16. The third kappa shape index (κ3) is 4.96. The summed E-state index contributed by atoms with van der Waals surface area (Å²) in [6, 6.07) is 13.2. The van der Waals surface area contributed by atoms with Crippen molar-refractivity contribution in [2.24, 2.45) is 0 Å². The van der Waals surface area contributed by atoms with Crippen LogP contribution in [0.3, 0.4) is 0 Å². The van der Waals surface area contributed by atoms with Gasteiger partial charge in [0.1, 0.15) is 11.4 Å². The van der Waals surface area contributed by atoms with Gasteiger partial charge in [-0.2, -0.15) is 5.26 Å². The predicted molar refractivity (Wildman–Crippen MR) is 108 cm³/mol. The zero-order valence-electron chi connectivity index (χ0n) is 16.4. The van der Waals surface area contributed by atoms with Crippen molar-refractivity contribution >= 4 is 23.5 Å². The molecule has 8 nitrogen and oxygen atoms in total. The lowest BCUT2D eigenvalue weighted by molar-refractivity contribution is 0.0683. The van der Waals surface area contributed by atoms with Crippen LogP contribution in [0, 0.1) is 11.3 Å². The highest BCUT2D eigenvalue weighted by Gasteiger charge is 2.34. The Morgan fingerprint density at radius 3 is 2.48 bits per heavy atom. The van der Waals surface area contributed by atoms with Gasteiger partial charge in [0.05, 0.1) is 24.8 Å². The molecule has 1 aliphatic rings. The molecule has 0 spiro atoms. The maximum absolute atomic E-state index is 12.5. The molecule has 8 heteroatoms. The number of nitrogens with zero attached hydrogens (tertiary/aromatic N) is 1. The SMILES string of the molecule is COC(=O)Nc1ccc2c(c1)C(NC(=O)Nc1ccc(C#N)cc1)CC(C)(C)O2. The van der Waals surface area contributed by atoms with E-state index in [-0.39, 0.29) is 12.1 Å². The summed E-state index contributed by atoms with van der Waals surface area (Å²) >= 11 is 0. The van der Waals surface area contributed by atoms with Gasteiger partial charge in [0.25, 0.3) is 0 Å². The second kappa shape index (κ2) is 8.10. The fraction of sp³-hybridized carbons (Fsp3) is 0.286. The Morgan fingerprint density at radius 1 is 1.14 bits per heavy atom. The lowest BCUT2D eigenvalue weighted by Gasteiger charge is -2.38. The van der Waals surface area contributed by atoms with Gasteiger partial charge in [0.15, 0.2) is 0 Å². The van der Waals surface area contributed by atoms with Gasteiger partial charge in [0.2, 0.25) is 0 Å². The quantitative estimate of drug-likeness (QED) is 0.723. The van der Waals surface area contributed by atoms with Crippen LogP contribution in [-0.4, -0.2) is 24.8 Å². The number of amides is 3. The minimum Gasteiger partial charge on any atom is -0.487 e. The lowest BCUT2D eigenvalue weighted by atomic mass is 9.89. The molecule has 1 aliphatic heterocycles. The monoisotopic (exact) mass is 394 g/mol. The van der Waals surface area contributed by atoms with E-state index in [1.54, 1.807) is 42.5 Å². The van der Waals surface area contributed by atoms with Crippen molar-refractivity contribution in [3.63, 3.8) is 0 Å². The van der Waals surface area contributed by atoms with Crippen LogP contribution in [0.1, 0.15) is 37.4 Å². The molecule has 3 rings (SSSR count). The highest BCUT2D eigenvalue weighted by molar-refractivity contribution is 5.90. The van der Waals surface area contributed by atoms with E-state index in [0.717, 1.165) is 5.56 Å². The average molecular weight is 394 g/mol. The second-order valence-corrected chi connectivity index (χ2v) is 7.28. The Kier molecular flexibility index (Phi) is 5.59. The van der Waals surface area contributed by atoms with Crippen molar-refractivity contribution in [3.05, 3.63) is 53.6 Å². The molecule has 3 N–H and O–H groups in total. The fourth-order valence-electron chi connectivity index (χ4n) is 3.18. The topological polar surface area (TPSA) is 112 Å². The molecule has 1 heterocycles. The molecule has 150 valence electrons. The molecular weight excluding hydrogens is 372 g/mol. The Labute approximate surface area is 168 Å². The van der Waals surface area contributed by atoms with Crippen LogP contribution in [0.5, 0.6) is 5.75 Å². The van der Waals surface area contributed by atoms with Gasteiger partial charge in [0, 0.05) is 23.4 Å². The Hall–Kier alpha value is -3.73. The first-order chi connectivity index (χ1) is 13.8. The average Bonchev–Trinajstić information content (AvgIpc) is 2.68. The van der Waals surface area contributed by atoms with Crippen molar-refractivity contribution < 1.29 is 19.1 Å². The van der Waals surface area contributed by atoms with E-state index in [2.05, 4.69) is 20.7 Å². The van der Waals surface area contributed by atoms with Crippen LogP contribution in [0.25, 0.3) is 0 Å². The first kappa shape index (κ1) is 20.0. The van der Waals surface area contributed by atoms with Crippen LogP contribution in [0.4, 0.5) is 21.0 Å². The molecule has 2 aromatic rings. The number of hydrogen-bond donors (Lipinski definition) is 3. The minimum atomic E-state index is -0.579. The van der Waals surface area contributed by atoms with Crippen LogP contribution in [-0.2, 0) is 4.74 Å². The maximum Gasteiger partial charge on any atom is 0.411 e. The standard InChI is InChI=1S/C21H22N4O4/c1-21(2)11-17(25-19(26)23-14-6-4-13(12-22)5-7-14)16-10-15(24-20(27)28-3)8-9-18(16)29-21/h4-10,17H,11H2,1-3H3,(H,24,27)(H2,23,25,26). The highest BCUT2D eigenvalue weighted by atomic mass is 16.5. The molecule has 1 unspecified atom stereocenters. The zero-order valence-corrected chi connectivity index (χ0v) is 16.4. The molecule has 0 aromatic heterocycles. The number of nitriles is 1. The summed E-state index contributed by atoms with van der Waals surface area (Å²) in [6.07, 6.45) is -0.0345. The first-order valence-corrected chi connectivity index (χ1v) is 9.05. The van der Waals surface area contributed by atoms with Crippen LogP contribution in [0.2, 0.25) is 0 Å². The summed E-state index contributed by atoms with van der Waals surface area (Å²) in [5, 5.41) is 17.2. The number of anilines is 2. The highest BCUT2D eigenvalue weighted by Crippen LogP contribution is 2.40. The number of fused-ring (bicyclic) bond motifs is 1. The molecule has 0 radical (unpaired) electrons. The van der Waals surface area contributed by atoms with Gasteiger partial charge >= 0.3 is 12.1 Å². The van der Waals surface area contributed by atoms with E-state index < -0.39 is 11.7 Å². The van der Waals surface area contributed by atoms with E-state index in [1.165, 1.54) is 7.11 Å². The first-order valence-electron chi connectivity index (χ1n) is 9.05. The molecule has 29 heavy (non-hydrogen) atoms. The molecule has 0 saturated carbocycles. The van der Waals surface area contributed by atoms with Gasteiger partial charge < -0.3 is 20.1 Å². The summed E-state index contributed by atoms with van der Waals surface area (Å²) in [7, 11) is 1.29. The third-order valence-electron chi connectivity index (χ3n) is 4.48. The molecule has 3 amide bonds. The minimum absolute atomic E-state index is 0.327. The van der Waals surface area contributed by atoms with Gasteiger partial charge in [-0.3, -0.25) is 5.32 Å². The van der Waals surface area contributed by atoms with Crippen molar-refractivity contribution in [1.82, 2.24) is 5.32 Å². The number of hydrogen-bond acceptors (Lipinski definition) is 5. The summed E-state index contributed by atoms with van der Waals surface area (Å²) in [5.41, 5.74) is 1.92. The van der Waals surface area contributed by atoms with Gasteiger partial charge in [-0.05, 0) is 56.3 Å². The van der Waals surface area contributed by atoms with Crippen LogP contribution >= 0.6 is 0 Å². The number of methoxy groups -OCH3 is 1. The maximum atomic E-state index is 12.5. The molecular formula is C21H22N4O4. The second-order valence-electron chi connectivity index (χ2n) is 7.28. The number of ether oxygens (including phenoxy) is 2. The lowest BCUT2D eigenvalue weighted by Crippen LogP contribution is -2.42. The van der Waals surface area contributed by atoms with Crippen molar-refractivity contribution in [2.45, 2.75) is 31.9 Å². The third-order valence-corrected chi connectivity index (χ3v) is 4.48. The summed E-state index contributed by atoms with van der Waals surface area (Å²) in [4.78, 5) is 24.0. The van der Waals surface area contributed by atoms with Gasteiger partial charge in [-0.25, -0.2) is 9.59 Å². The normalized spacial score (nSPS) is 16.4. The largest absolute Gasteiger partial charge is 0.487 e. The number of rotatable bonds is 3. The van der Waals surface area contributed by atoms with E-state index >= 15 is 0 Å². The molecule has 0 bridgehead atoms. The molecule has 0 aliphatic carbocycles. The van der Waals surface area contributed by atoms with Crippen molar-refractivity contribution in [2.75, 3.05) is 17.7 Å². The van der Waals surface area contributed by atoms with E-state index in [9.17, 15) is 9.59 Å². The summed E-state index contributed by atoms with van der Waals surface area (Å²) < 4.78 is 10.6. The Bertz CT molecular complexity index is 964. The summed E-state index contributed by atoms with van der Waals surface area (Å²) in [6.45, 7) is 3.90. The molecule has 0 saturated heterocycles. The van der Waals surface area contributed by atoms with Crippen molar-refractivity contribution in [3.8, 4) is 11.8 Å². The Morgan fingerprint density at radius 2 is 1.83 bits per heavy atom. The number of benzene rings is 2. The number of urea groups is 1. The zero-order chi connectivity index (χ0) is 21.0. The fourth-order valence-corrected chi connectivity index (χ4v) is 3.18. The number of carbonyl (C=O) groups excluding carboxylic acids is 2. The van der Waals surface area contributed by atoms with Gasteiger partial charge in [-0.1, -0.05) is 0 Å². The van der Waals surface area contributed by atoms with E-state index in [1.807, 2.05) is 19.9 Å². The van der Waals surface area contributed by atoms with Crippen LogP contribution < -0.4 is 20.7 Å². The molecule has 1 atom stereocenters. The number of carbonyl (C=O) groups is 2.